The maximum absolute atomic E-state index is 13.8. The monoisotopic (exact) mass is 244 g/mol. The predicted molar refractivity (Wildman–Crippen MR) is 68.2 cm³/mol. The molecule has 0 radical (unpaired) electrons. The molecule has 2 aromatic rings. The van der Waals surface area contributed by atoms with Gasteiger partial charge in [0, 0.05) is 5.56 Å². The van der Waals surface area contributed by atoms with Crippen molar-refractivity contribution in [2.75, 3.05) is 0 Å². The Hall–Kier alpha value is -2.16. The molecule has 2 aromatic carbocycles. The SMILES string of the molecule is CCc1cccc(-c2cc(C(=O)O)ccc2F)c1. The first-order valence-electron chi connectivity index (χ1n) is 5.74. The van der Waals surface area contributed by atoms with Crippen LogP contribution in [0.3, 0.4) is 0 Å². The van der Waals surface area contributed by atoms with Gasteiger partial charge in [0.25, 0.3) is 0 Å². The van der Waals surface area contributed by atoms with E-state index in [1.807, 2.05) is 25.1 Å². The number of carboxylic acids is 1. The fourth-order valence-corrected chi connectivity index (χ4v) is 1.84. The second kappa shape index (κ2) is 5.00. The van der Waals surface area contributed by atoms with Gasteiger partial charge in [0.15, 0.2) is 0 Å². The van der Waals surface area contributed by atoms with Gasteiger partial charge in [-0.05, 0) is 35.7 Å². The van der Waals surface area contributed by atoms with Crippen LogP contribution in [0.15, 0.2) is 42.5 Å². The normalized spacial score (nSPS) is 10.3. The molecule has 0 aliphatic carbocycles. The van der Waals surface area contributed by atoms with Crippen LogP contribution in [0.2, 0.25) is 0 Å². The number of hydrogen-bond acceptors (Lipinski definition) is 1. The van der Waals surface area contributed by atoms with Gasteiger partial charge in [0.1, 0.15) is 5.82 Å². The van der Waals surface area contributed by atoms with Crippen molar-refractivity contribution < 1.29 is 14.3 Å². The average molecular weight is 244 g/mol. The van der Waals surface area contributed by atoms with Crippen LogP contribution in [-0.4, -0.2) is 11.1 Å². The van der Waals surface area contributed by atoms with Crippen LogP contribution in [0, 0.1) is 5.82 Å². The Balaban J connectivity index is 2.54. The highest BCUT2D eigenvalue weighted by atomic mass is 19.1. The van der Waals surface area contributed by atoms with Crippen LogP contribution in [0.1, 0.15) is 22.8 Å². The molecule has 92 valence electrons. The summed E-state index contributed by atoms with van der Waals surface area (Å²) < 4.78 is 13.8. The van der Waals surface area contributed by atoms with Gasteiger partial charge in [-0.15, -0.1) is 0 Å². The first kappa shape index (κ1) is 12.3. The lowest BCUT2D eigenvalue weighted by molar-refractivity contribution is 0.0697. The largest absolute Gasteiger partial charge is 0.478 e. The van der Waals surface area contributed by atoms with E-state index < -0.39 is 11.8 Å². The molecule has 0 spiro atoms. The average Bonchev–Trinajstić information content (AvgIpc) is 2.39. The van der Waals surface area contributed by atoms with Crippen molar-refractivity contribution in [3.05, 3.63) is 59.4 Å². The number of halogens is 1. The quantitative estimate of drug-likeness (QED) is 0.892. The molecule has 0 aliphatic heterocycles. The molecule has 0 aromatic heterocycles. The third-order valence-electron chi connectivity index (χ3n) is 2.86. The summed E-state index contributed by atoms with van der Waals surface area (Å²) in [6.07, 6.45) is 0.855. The summed E-state index contributed by atoms with van der Waals surface area (Å²) in [6.45, 7) is 2.02. The highest BCUT2D eigenvalue weighted by Gasteiger charge is 2.10. The van der Waals surface area contributed by atoms with E-state index in [9.17, 15) is 9.18 Å². The van der Waals surface area contributed by atoms with E-state index in [4.69, 9.17) is 5.11 Å². The number of aryl methyl sites for hydroxylation is 1. The smallest absolute Gasteiger partial charge is 0.335 e. The van der Waals surface area contributed by atoms with Gasteiger partial charge in [-0.1, -0.05) is 31.2 Å². The van der Waals surface area contributed by atoms with Crippen LogP contribution in [-0.2, 0) is 6.42 Å². The van der Waals surface area contributed by atoms with Crippen molar-refractivity contribution in [2.24, 2.45) is 0 Å². The Morgan fingerprint density at radius 3 is 2.67 bits per heavy atom. The van der Waals surface area contributed by atoms with E-state index in [1.165, 1.54) is 18.2 Å². The fourth-order valence-electron chi connectivity index (χ4n) is 1.84. The number of aromatic carboxylic acids is 1. The van der Waals surface area contributed by atoms with Crippen molar-refractivity contribution in [3.63, 3.8) is 0 Å². The van der Waals surface area contributed by atoms with Crippen molar-refractivity contribution >= 4 is 5.97 Å². The van der Waals surface area contributed by atoms with Crippen LogP contribution in [0.5, 0.6) is 0 Å². The molecule has 18 heavy (non-hydrogen) atoms. The lowest BCUT2D eigenvalue weighted by Crippen LogP contribution is -1.97. The molecule has 0 aliphatic rings. The Kier molecular flexibility index (Phi) is 3.42. The van der Waals surface area contributed by atoms with Gasteiger partial charge in [-0.3, -0.25) is 0 Å². The summed E-state index contributed by atoms with van der Waals surface area (Å²) in [5, 5.41) is 8.93. The Labute approximate surface area is 105 Å². The topological polar surface area (TPSA) is 37.3 Å². The molecule has 2 rings (SSSR count). The highest BCUT2D eigenvalue weighted by Crippen LogP contribution is 2.25. The minimum Gasteiger partial charge on any atom is -0.478 e. The van der Waals surface area contributed by atoms with Gasteiger partial charge in [0.2, 0.25) is 0 Å². The summed E-state index contributed by atoms with van der Waals surface area (Å²) >= 11 is 0. The number of benzene rings is 2. The zero-order valence-electron chi connectivity index (χ0n) is 9.98. The molecule has 2 nitrogen and oxygen atoms in total. The zero-order valence-corrected chi connectivity index (χ0v) is 9.98. The van der Waals surface area contributed by atoms with E-state index in [0.717, 1.165) is 12.0 Å². The summed E-state index contributed by atoms with van der Waals surface area (Å²) in [5.74, 6) is -1.46. The molecule has 1 N–H and O–H groups in total. The van der Waals surface area contributed by atoms with Crippen LogP contribution in [0.4, 0.5) is 4.39 Å². The summed E-state index contributed by atoms with van der Waals surface area (Å²) in [7, 11) is 0. The molecule has 3 heteroatoms. The van der Waals surface area contributed by atoms with Gasteiger partial charge >= 0.3 is 5.97 Å². The highest BCUT2D eigenvalue weighted by molar-refractivity contribution is 5.89. The summed E-state index contributed by atoms with van der Waals surface area (Å²) in [6, 6.07) is 11.3. The molecule has 0 saturated heterocycles. The van der Waals surface area contributed by atoms with Gasteiger partial charge in [-0.25, -0.2) is 9.18 Å². The van der Waals surface area contributed by atoms with Crippen LogP contribution < -0.4 is 0 Å². The minimum atomic E-state index is -1.05. The Morgan fingerprint density at radius 2 is 2.00 bits per heavy atom. The summed E-state index contributed by atoms with van der Waals surface area (Å²) in [4.78, 5) is 10.9. The maximum Gasteiger partial charge on any atom is 0.335 e. The van der Waals surface area contributed by atoms with E-state index in [0.29, 0.717) is 11.1 Å². The third kappa shape index (κ3) is 2.40. The molecular formula is C15H13FO2. The molecule has 0 heterocycles. The molecule has 0 unspecified atom stereocenters. The van der Waals surface area contributed by atoms with E-state index in [-0.39, 0.29) is 5.56 Å². The minimum absolute atomic E-state index is 0.0910. The number of hydrogen-bond donors (Lipinski definition) is 1. The Morgan fingerprint density at radius 1 is 1.22 bits per heavy atom. The summed E-state index contributed by atoms with van der Waals surface area (Å²) in [5.41, 5.74) is 2.21. The van der Waals surface area contributed by atoms with Gasteiger partial charge in [-0.2, -0.15) is 0 Å². The van der Waals surface area contributed by atoms with Crippen molar-refractivity contribution in [3.8, 4) is 11.1 Å². The van der Waals surface area contributed by atoms with Crippen LogP contribution in [0.25, 0.3) is 11.1 Å². The zero-order chi connectivity index (χ0) is 13.1. The number of carbonyl (C=O) groups is 1. The fraction of sp³-hybridized carbons (Fsp3) is 0.133. The van der Waals surface area contributed by atoms with Crippen molar-refractivity contribution in [1.29, 1.82) is 0 Å². The first-order valence-corrected chi connectivity index (χ1v) is 5.74. The molecule has 0 atom stereocenters. The van der Waals surface area contributed by atoms with Crippen LogP contribution >= 0.6 is 0 Å². The molecule has 0 fully saturated rings. The third-order valence-corrected chi connectivity index (χ3v) is 2.86. The standard InChI is InChI=1S/C15H13FO2/c1-2-10-4-3-5-11(8-10)13-9-12(15(17)18)6-7-14(13)16/h3-9H,2H2,1H3,(H,17,18). The van der Waals surface area contributed by atoms with E-state index in [2.05, 4.69) is 0 Å². The lowest BCUT2D eigenvalue weighted by Gasteiger charge is -2.06. The number of carboxylic acid groups (broad SMARTS) is 1. The lowest BCUT2D eigenvalue weighted by atomic mass is 10.00. The number of rotatable bonds is 3. The van der Waals surface area contributed by atoms with E-state index >= 15 is 0 Å². The molecular weight excluding hydrogens is 231 g/mol. The molecule has 0 bridgehead atoms. The first-order chi connectivity index (χ1) is 8.61. The van der Waals surface area contributed by atoms with Crippen molar-refractivity contribution in [2.45, 2.75) is 13.3 Å². The predicted octanol–water partition coefficient (Wildman–Crippen LogP) is 3.75. The van der Waals surface area contributed by atoms with E-state index in [1.54, 1.807) is 6.07 Å². The van der Waals surface area contributed by atoms with Gasteiger partial charge in [0.05, 0.1) is 5.56 Å². The van der Waals surface area contributed by atoms with Gasteiger partial charge < -0.3 is 5.11 Å². The maximum atomic E-state index is 13.8. The molecule has 0 saturated carbocycles. The Bertz CT molecular complexity index is 591. The second-order valence-corrected chi connectivity index (χ2v) is 4.05. The molecule has 0 amide bonds. The second-order valence-electron chi connectivity index (χ2n) is 4.05. The van der Waals surface area contributed by atoms with Crippen molar-refractivity contribution in [1.82, 2.24) is 0 Å².